The van der Waals surface area contributed by atoms with E-state index < -0.39 is 27.9 Å². The van der Waals surface area contributed by atoms with Crippen molar-refractivity contribution in [1.82, 2.24) is 15.1 Å². The zero-order valence-electron chi connectivity index (χ0n) is 16.1. The van der Waals surface area contributed by atoms with Crippen molar-refractivity contribution in [2.75, 3.05) is 6.61 Å². The van der Waals surface area contributed by atoms with Gasteiger partial charge in [-0.15, -0.1) is 0 Å². The van der Waals surface area contributed by atoms with Crippen LogP contribution in [0.1, 0.15) is 20.8 Å². The molecule has 0 aliphatic carbocycles. The molecular weight excluding hydrogens is 481 g/mol. The molecular formula is C17H18Cl3N3O6S. The Bertz CT molecular complexity index is 1060. The van der Waals surface area contributed by atoms with Crippen molar-refractivity contribution in [3.05, 3.63) is 33.4 Å². The van der Waals surface area contributed by atoms with Crippen LogP contribution < -0.4 is 14.2 Å². The average molecular weight is 499 g/mol. The molecule has 1 unspecified atom stereocenters. The predicted molar refractivity (Wildman–Crippen MR) is 110 cm³/mol. The highest BCUT2D eigenvalue weighted by molar-refractivity contribution is 7.87. The van der Waals surface area contributed by atoms with E-state index in [2.05, 4.69) is 10.4 Å². The SMILES string of the molecule is CC(C)(C)OC(=O)NC1COc2c(S(=O)(=O)Oc3c(Cl)cc(Cl)cc3Cl)cnn2C1. The molecule has 1 aromatic heterocycles. The highest BCUT2D eigenvalue weighted by Crippen LogP contribution is 2.38. The number of aromatic nitrogens is 2. The monoisotopic (exact) mass is 497 g/mol. The maximum atomic E-state index is 12.7. The summed E-state index contributed by atoms with van der Waals surface area (Å²) < 4.78 is 42.6. The number of carbonyl (C=O) groups is 1. The Morgan fingerprint density at radius 1 is 1.27 bits per heavy atom. The van der Waals surface area contributed by atoms with Crippen molar-refractivity contribution in [3.63, 3.8) is 0 Å². The number of ether oxygens (including phenoxy) is 2. The van der Waals surface area contributed by atoms with Crippen molar-refractivity contribution in [1.29, 1.82) is 0 Å². The number of hydrogen-bond acceptors (Lipinski definition) is 7. The van der Waals surface area contributed by atoms with Gasteiger partial charge in [-0.1, -0.05) is 34.8 Å². The van der Waals surface area contributed by atoms with E-state index in [0.717, 1.165) is 6.20 Å². The van der Waals surface area contributed by atoms with Gasteiger partial charge in [0.15, 0.2) is 10.6 Å². The fraction of sp³-hybridized carbons (Fsp3) is 0.412. The number of halogens is 3. The van der Waals surface area contributed by atoms with Crippen molar-refractivity contribution < 1.29 is 26.9 Å². The second kappa shape index (κ2) is 8.33. The van der Waals surface area contributed by atoms with Crippen LogP contribution in [0.5, 0.6) is 11.6 Å². The summed E-state index contributed by atoms with van der Waals surface area (Å²) in [5.41, 5.74) is -0.654. The number of nitrogens with one attached hydrogen (secondary N) is 1. The summed E-state index contributed by atoms with van der Waals surface area (Å²) in [5.74, 6) is -0.290. The molecule has 1 aromatic carbocycles. The van der Waals surface area contributed by atoms with Gasteiger partial charge in [0, 0.05) is 5.02 Å². The molecule has 1 atom stereocenters. The van der Waals surface area contributed by atoms with Gasteiger partial charge in [-0.2, -0.15) is 13.5 Å². The Hall–Kier alpha value is -1.88. The summed E-state index contributed by atoms with van der Waals surface area (Å²) in [6, 6.07) is 2.14. The van der Waals surface area contributed by atoms with Crippen molar-refractivity contribution in [2.24, 2.45) is 0 Å². The molecule has 1 N–H and O–H groups in total. The van der Waals surface area contributed by atoms with Gasteiger partial charge in [-0.25, -0.2) is 9.48 Å². The lowest BCUT2D eigenvalue weighted by atomic mass is 10.2. The lowest BCUT2D eigenvalue weighted by Gasteiger charge is -2.27. The summed E-state index contributed by atoms with van der Waals surface area (Å²) >= 11 is 17.8. The number of amides is 1. The van der Waals surface area contributed by atoms with Gasteiger partial charge < -0.3 is 19.0 Å². The zero-order valence-corrected chi connectivity index (χ0v) is 19.2. The van der Waals surface area contributed by atoms with Crippen LogP contribution in [0.25, 0.3) is 0 Å². The van der Waals surface area contributed by atoms with Gasteiger partial charge >= 0.3 is 16.2 Å². The Kier molecular flexibility index (Phi) is 6.33. The van der Waals surface area contributed by atoms with Gasteiger partial charge in [0.2, 0.25) is 5.88 Å². The highest BCUT2D eigenvalue weighted by Gasteiger charge is 2.33. The standard InChI is InChI=1S/C17H18Cl3N3O6S/c1-17(2,3)28-16(24)22-10-7-23-15(27-8-10)13(6-21-23)30(25,26)29-14-11(19)4-9(18)5-12(14)20/h4-6,10H,7-8H2,1-3H3,(H,22,24). The first-order chi connectivity index (χ1) is 13.9. The highest BCUT2D eigenvalue weighted by atomic mass is 35.5. The molecule has 30 heavy (non-hydrogen) atoms. The molecule has 2 heterocycles. The lowest BCUT2D eigenvalue weighted by molar-refractivity contribution is 0.0459. The second-order valence-corrected chi connectivity index (χ2v) is 10.2. The maximum Gasteiger partial charge on any atom is 0.408 e. The van der Waals surface area contributed by atoms with Crippen molar-refractivity contribution in [3.8, 4) is 11.6 Å². The fourth-order valence-corrected chi connectivity index (χ4v) is 4.60. The summed E-state index contributed by atoms with van der Waals surface area (Å²) in [5, 5.41) is 6.75. The number of benzene rings is 1. The molecule has 0 bridgehead atoms. The largest absolute Gasteiger partial charge is 0.475 e. The molecule has 3 rings (SSSR count). The molecule has 0 fully saturated rings. The van der Waals surface area contributed by atoms with E-state index in [9.17, 15) is 13.2 Å². The molecule has 1 aliphatic rings. The van der Waals surface area contributed by atoms with Gasteiger partial charge in [-0.05, 0) is 32.9 Å². The van der Waals surface area contributed by atoms with Crippen LogP contribution in [0.15, 0.2) is 23.2 Å². The normalized spacial score (nSPS) is 16.4. The van der Waals surface area contributed by atoms with E-state index >= 15 is 0 Å². The number of hydrogen-bond donors (Lipinski definition) is 1. The van der Waals surface area contributed by atoms with Gasteiger partial charge in [0.1, 0.15) is 12.2 Å². The molecule has 0 spiro atoms. The van der Waals surface area contributed by atoms with Gasteiger partial charge in [0.25, 0.3) is 0 Å². The smallest absolute Gasteiger partial charge is 0.408 e. The summed E-state index contributed by atoms with van der Waals surface area (Å²) in [6.45, 7) is 5.41. The maximum absolute atomic E-state index is 12.7. The molecule has 0 radical (unpaired) electrons. The van der Waals surface area contributed by atoms with E-state index in [1.807, 2.05) is 0 Å². The summed E-state index contributed by atoms with van der Waals surface area (Å²) in [7, 11) is -4.37. The van der Waals surface area contributed by atoms with Crippen LogP contribution >= 0.6 is 34.8 Å². The minimum absolute atomic E-state index is 0.00983. The Balaban J connectivity index is 1.77. The quantitative estimate of drug-likeness (QED) is 0.637. The van der Waals surface area contributed by atoms with Crippen LogP contribution in [-0.4, -0.2) is 42.5 Å². The first-order valence-corrected chi connectivity index (χ1v) is 11.2. The Morgan fingerprint density at radius 2 is 1.90 bits per heavy atom. The second-order valence-electron chi connectivity index (χ2n) is 7.39. The molecule has 164 valence electrons. The van der Waals surface area contributed by atoms with E-state index in [1.165, 1.54) is 16.8 Å². The van der Waals surface area contributed by atoms with Crippen molar-refractivity contribution >= 4 is 51.0 Å². The van der Waals surface area contributed by atoms with Gasteiger partial charge in [0.05, 0.1) is 28.8 Å². The Labute approximate surface area is 188 Å². The number of fused-ring (bicyclic) bond motifs is 1. The summed E-state index contributed by atoms with van der Waals surface area (Å²) in [6.07, 6.45) is 0.466. The van der Waals surface area contributed by atoms with E-state index in [0.29, 0.717) is 0 Å². The minimum atomic E-state index is -4.37. The van der Waals surface area contributed by atoms with Crippen LogP contribution in [0, 0.1) is 0 Å². The van der Waals surface area contributed by atoms with Crippen molar-refractivity contribution in [2.45, 2.75) is 43.9 Å². The van der Waals surface area contributed by atoms with Crippen LogP contribution in [0.2, 0.25) is 15.1 Å². The predicted octanol–water partition coefficient (Wildman–Crippen LogP) is 3.90. The van der Waals surface area contributed by atoms with E-state index in [4.69, 9.17) is 48.5 Å². The Morgan fingerprint density at radius 3 is 2.50 bits per heavy atom. The summed E-state index contributed by atoms with van der Waals surface area (Å²) in [4.78, 5) is 11.6. The number of alkyl carbamates (subject to hydrolysis) is 1. The number of carbonyl (C=O) groups excluding carboxylic acids is 1. The number of nitrogens with zero attached hydrogens (tertiary/aromatic N) is 2. The van der Waals surface area contributed by atoms with E-state index in [-0.39, 0.29) is 44.7 Å². The third-order valence-corrected chi connectivity index (χ3v) is 5.70. The van der Waals surface area contributed by atoms with E-state index in [1.54, 1.807) is 20.8 Å². The third-order valence-electron chi connectivity index (χ3n) is 3.72. The molecule has 0 saturated heterocycles. The average Bonchev–Trinajstić information content (AvgIpc) is 3.00. The first kappa shape index (κ1) is 22.8. The number of rotatable bonds is 4. The zero-order chi connectivity index (χ0) is 22.3. The molecule has 2 aromatic rings. The third kappa shape index (κ3) is 5.23. The van der Waals surface area contributed by atoms with Crippen LogP contribution in [0.3, 0.4) is 0 Å². The minimum Gasteiger partial charge on any atom is -0.475 e. The lowest BCUT2D eigenvalue weighted by Crippen LogP contribution is -2.46. The molecule has 0 saturated carbocycles. The van der Waals surface area contributed by atoms with Gasteiger partial charge in [-0.3, -0.25) is 0 Å². The fourth-order valence-electron chi connectivity index (χ4n) is 2.57. The molecule has 1 aliphatic heterocycles. The van der Waals surface area contributed by atoms with Crippen LogP contribution in [0.4, 0.5) is 4.79 Å². The van der Waals surface area contributed by atoms with Crippen LogP contribution in [-0.2, 0) is 21.4 Å². The topological polar surface area (TPSA) is 109 Å². The molecule has 9 nitrogen and oxygen atoms in total. The molecule has 1 amide bonds. The molecule has 13 heteroatoms. The first-order valence-electron chi connectivity index (χ1n) is 8.63.